The van der Waals surface area contributed by atoms with E-state index in [1.807, 2.05) is 6.07 Å². The van der Waals surface area contributed by atoms with Gasteiger partial charge in [0, 0.05) is 14.6 Å². The summed E-state index contributed by atoms with van der Waals surface area (Å²) in [4.78, 5) is 24.1. The first-order valence-electron chi connectivity index (χ1n) is 4.91. The van der Waals surface area contributed by atoms with Gasteiger partial charge in [-0.25, -0.2) is 0 Å². The molecule has 0 fully saturated rings. The van der Waals surface area contributed by atoms with E-state index >= 15 is 0 Å². The second kappa shape index (κ2) is 6.34. The van der Waals surface area contributed by atoms with Gasteiger partial charge < -0.3 is 10.0 Å². The van der Waals surface area contributed by atoms with Crippen molar-refractivity contribution in [1.29, 1.82) is 0 Å². The Labute approximate surface area is 121 Å². The van der Waals surface area contributed by atoms with E-state index in [-0.39, 0.29) is 12.5 Å². The summed E-state index contributed by atoms with van der Waals surface area (Å²) in [7, 11) is 0. The lowest BCUT2D eigenvalue weighted by Gasteiger charge is -2.19. The first-order valence-corrected chi connectivity index (χ1v) is 6.79. The predicted octanol–water partition coefficient (Wildman–Crippen LogP) is 2.60. The van der Waals surface area contributed by atoms with Crippen molar-refractivity contribution >= 4 is 50.4 Å². The highest BCUT2D eigenvalue weighted by atomic mass is 127. The molecule has 1 aromatic carbocycles. The summed E-state index contributed by atoms with van der Waals surface area (Å²) in [6.45, 7) is 1.83. The third-order valence-corrected chi connectivity index (χ3v) is 3.52. The molecule has 0 unspecified atom stereocenters. The Hall–Kier alpha value is -0.630. The molecule has 4 nitrogen and oxygen atoms in total. The minimum absolute atomic E-state index is 0.278. The van der Waals surface area contributed by atoms with Crippen LogP contribution < -0.4 is 0 Å². The van der Waals surface area contributed by atoms with Gasteiger partial charge in [0.2, 0.25) is 0 Å². The Morgan fingerprint density at radius 3 is 2.65 bits per heavy atom. The number of rotatable bonds is 4. The smallest absolute Gasteiger partial charge is 0.323 e. The molecular weight excluding hydrogens is 401 g/mol. The number of nitrogens with zero attached hydrogens (tertiary/aromatic N) is 1. The molecule has 0 aliphatic carbocycles. The third kappa shape index (κ3) is 3.95. The van der Waals surface area contributed by atoms with Gasteiger partial charge in [-0.05, 0) is 63.6 Å². The largest absolute Gasteiger partial charge is 0.480 e. The zero-order chi connectivity index (χ0) is 13.0. The van der Waals surface area contributed by atoms with E-state index in [0.29, 0.717) is 16.6 Å². The van der Waals surface area contributed by atoms with Crippen molar-refractivity contribution < 1.29 is 14.7 Å². The number of carboxylic acids is 1. The quantitative estimate of drug-likeness (QED) is 0.775. The molecule has 0 saturated heterocycles. The summed E-state index contributed by atoms with van der Waals surface area (Å²) in [5.41, 5.74) is 0.486. The van der Waals surface area contributed by atoms with E-state index in [0.717, 1.165) is 3.57 Å². The number of benzene rings is 1. The molecule has 0 atom stereocenters. The molecule has 17 heavy (non-hydrogen) atoms. The van der Waals surface area contributed by atoms with Crippen LogP contribution in [0, 0.1) is 3.57 Å². The maximum Gasteiger partial charge on any atom is 0.323 e. The maximum atomic E-state index is 12.1. The minimum atomic E-state index is -1.01. The van der Waals surface area contributed by atoms with Crippen molar-refractivity contribution in [3.05, 3.63) is 31.8 Å². The van der Waals surface area contributed by atoms with Crippen molar-refractivity contribution in [2.24, 2.45) is 0 Å². The van der Waals surface area contributed by atoms with E-state index in [1.165, 1.54) is 4.90 Å². The van der Waals surface area contributed by atoms with Gasteiger partial charge in [-0.1, -0.05) is 0 Å². The third-order valence-electron chi connectivity index (χ3n) is 2.15. The van der Waals surface area contributed by atoms with Crippen LogP contribution in [-0.2, 0) is 4.79 Å². The molecule has 92 valence electrons. The number of carbonyl (C=O) groups excluding carboxylic acids is 1. The van der Waals surface area contributed by atoms with E-state index in [2.05, 4.69) is 38.5 Å². The molecule has 1 amide bonds. The number of hydrogen-bond acceptors (Lipinski definition) is 2. The Morgan fingerprint density at radius 1 is 1.47 bits per heavy atom. The van der Waals surface area contributed by atoms with E-state index in [4.69, 9.17) is 5.11 Å². The predicted molar refractivity (Wildman–Crippen MR) is 76.1 cm³/mol. The lowest BCUT2D eigenvalue weighted by atomic mass is 10.2. The number of hydrogen-bond donors (Lipinski definition) is 1. The topological polar surface area (TPSA) is 57.6 Å². The molecule has 0 heterocycles. The molecule has 0 radical (unpaired) electrons. The molecule has 1 aromatic rings. The number of likely N-dealkylation sites (N-methyl/N-ethyl adjacent to an activating group) is 1. The molecule has 0 aliphatic rings. The SMILES string of the molecule is CCN(CC(=O)O)C(=O)c1cc(I)ccc1Br. The summed E-state index contributed by atoms with van der Waals surface area (Å²) < 4.78 is 1.60. The van der Waals surface area contributed by atoms with E-state index in [1.54, 1.807) is 19.1 Å². The molecular formula is C11H11BrINO3. The van der Waals surface area contributed by atoms with Gasteiger partial charge in [0.1, 0.15) is 6.54 Å². The Bertz CT molecular complexity index is 450. The highest BCUT2D eigenvalue weighted by molar-refractivity contribution is 14.1. The summed E-state index contributed by atoms with van der Waals surface area (Å²) in [6.07, 6.45) is 0. The van der Waals surface area contributed by atoms with Crippen LogP contribution in [0.1, 0.15) is 17.3 Å². The maximum absolute atomic E-state index is 12.1. The molecule has 0 aromatic heterocycles. The van der Waals surface area contributed by atoms with Crippen LogP contribution in [0.4, 0.5) is 0 Å². The summed E-state index contributed by atoms with van der Waals surface area (Å²) in [6, 6.07) is 5.38. The molecule has 0 saturated carbocycles. The first kappa shape index (κ1) is 14.4. The Morgan fingerprint density at radius 2 is 2.12 bits per heavy atom. The van der Waals surface area contributed by atoms with E-state index in [9.17, 15) is 9.59 Å². The summed E-state index contributed by atoms with van der Waals surface area (Å²) >= 11 is 5.40. The summed E-state index contributed by atoms with van der Waals surface area (Å²) in [5, 5.41) is 8.73. The fourth-order valence-corrected chi connectivity index (χ4v) is 2.23. The van der Waals surface area contributed by atoms with Gasteiger partial charge in [-0.3, -0.25) is 9.59 Å². The molecule has 0 spiro atoms. The van der Waals surface area contributed by atoms with Gasteiger partial charge in [-0.15, -0.1) is 0 Å². The fourth-order valence-electron chi connectivity index (χ4n) is 1.32. The van der Waals surface area contributed by atoms with Gasteiger partial charge in [0.15, 0.2) is 0 Å². The highest BCUT2D eigenvalue weighted by Gasteiger charge is 2.19. The van der Waals surface area contributed by atoms with Crippen molar-refractivity contribution in [2.45, 2.75) is 6.92 Å². The van der Waals surface area contributed by atoms with Crippen molar-refractivity contribution in [1.82, 2.24) is 4.90 Å². The van der Waals surface area contributed by atoms with Gasteiger partial charge in [-0.2, -0.15) is 0 Å². The van der Waals surface area contributed by atoms with Crippen LogP contribution in [0.25, 0.3) is 0 Å². The average Bonchev–Trinajstić information content (AvgIpc) is 2.28. The van der Waals surface area contributed by atoms with E-state index < -0.39 is 5.97 Å². The number of carbonyl (C=O) groups is 2. The molecule has 1 rings (SSSR count). The van der Waals surface area contributed by atoms with Gasteiger partial charge in [0.05, 0.1) is 5.56 Å². The number of amides is 1. The lowest BCUT2D eigenvalue weighted by Crippen LogP contribution is -2.35. The normalized spacial score (nSPS) is 10.1. The number of aliphatic carboxylic acids is 1. The number of halogens is 2. The Kier molecular flexibility index (Phi) is 5.38. The average molecular weight is 412 g/mol. The van der Waals surface area contributed by atoms with Gasteiger partial charge >= 0.3 is 5.97 Å². The van der Waals surface area contributed by atoms with Crippen LogP contribution in [0.2, 0.25) is 0 Å². The molecule has 1 N–H and O–H groups in total. The van der Waals surface area contributed by atoms with Crippen LogP contribution in [-0.4, -0.2) is 35.0 Å². The minimum Gasteiger partial charge on any atom is -0.480 e. The van der Waals surface area contributed by atoms with Crippen LogP contribution in [0.3, 0.4) is 0 Å². The van der Waals surface area contributed by atoms with Crippen molar-refractivity contribution in [3.63, 3.8) is 0 Å². The first-order chi connectivity index (χ1) is 7.95. The Balaban J connectivity index is 3.01. The fraction of sp³-hybridized carbons (Fsp3) is 0.273. The van der Waals surface area contributed by atoms with Crippen LogP contribution in [0.5, 0.6) is 0 Å². The zero-order valence-corrected chi connectivity index (χ0v) is 12.9. The van der Waals surface area contributed by atoms with Gasteiger partial charge in [0.25, 0.3) is 5.91 Å². The van der Waals surface area contributed by atoms with Crippen LogP contribution in [0.15, 0.2) is 22.7 Å². The highest BCUT2D eigenvalue weighted by Crippen LogP contribution is 2.21. The van der Waals surface area contributed by atoms with Crippen molar-refractivity contribution in [3.8, 4) is 0 Å². The zero-order valence-electron chi connectivity index (χ0n) is 9.11. The van der Waals surface area contributed by atoms with Crippen molar-refractivity contribution in [2.75, 3.05) is 13.1 Å². The van der Waals surface area contributed by atoms with Crippen LogP contribution >= 0.6 is 38.5 Å². The molecule has 0 aliphatic heterocycles. The lowest BCUT2D eigenvalue weighted by molar-refractivity contribution is -0.137. The summed E-state index contributed by atoms with van der Waals surface area (Å²) in [5.74, 6) is -1.29. The second-order valence-electron chi connectivity index (χ2n) is 3.34. The molecule has 0 bridgehead atoms. The standard InChI is InChI=1S/C11H11BrINO3/c1-2-14(6-10(15)16)11(17)8-5-7(13)3-4-9(8)12/h3-5H,2,6H2,1H3,(H,15,16). The molecule has 6 heteroatoms. The monoisotopic (exact) mass is 411 g/mol. The second-order valence-corrected chi connectivity index (χ2v) is 5.44. The number of carboxylic acid groups (broad SMARTS) is 1.